The lowest BCUT2D eigenvalue weighted by Crippen LogP contribution is -2.32. The van der Waals surface area contributed by atoms with E-state index in [-0.39, 0.29) is 0 Å². The maximum atomic E-state index is 4.14. The molecule has 1 unspecified atom stereocenters. The van der Waals surface area contributed by atoms with Crippen LogP contribution < -0.4 is 5.32 Å². The van der Waals surface area contributed by atoms with Crippen LogP contribution in [0.3, 0.4) is 0 Å². The number of nitrogens with one attached hydrogen (secondary N) is 1. The van der Waals surface area contributed by atoms with Gasteiger partial charge in [-0.1, -0.05) is 55.8 Å². The van der Waals surface area contributed by atoms with Crippen LogP contribution in [0.25, 0.3) is 0 Å². The van der Waals surface area contributed by atoms with Crippen molar-refractivity contribution < 1.29 is 0 Å². The van der Waals surface area contributed by atoms with Crippen LogP contribution in [0.5, 0.6) is 0 Å². The highest BCUT2D eigenvalue weighted by atomic mass is 14.9. The van der Waals surface area contributed by atoms with Gasteiger partial charge in [0.15, 0.2) is 0 Å². The molecule has 100 valence electrons. The van der Waals surface area contributed by atoms with Gasteiger partial charge in [0, 0.05) is 6.04 Å². The molecule has 0 saturated heterocycles. The van der Waals surface area contributed by atoms with Crippen LogP contribution in [0, 0.1) is 6.92 Å². The zero-order valence-electron chi connectivity index (χ0n) is 12.1. The molecule has 0 amide bonds. The molecule has 1 aromatic rings. The molecule has 1 rings (SSSR count). The highest BCUT2D eigenvalue weighted by Crippen LogP contribution is 2.13. The van der Waals surface area contributed by atoms with Crippen molar-refractivity contribution in [3.8, 4) is 0 Å². The molecule has 0 aromatic heterocycles. The summed E-state index contributed by atoms with van der Waals surface area (Å²) in [6.07, 6.45) is 4.45. The van der Waals surface area contributed by atoms with E-state index in [4.69, 9.17) is 0 Å². The van der Waals surface area contributed by atoms with Gasteiger partial charge in [-0.25, -0.2) is 0 Å². The number of benzene rings is 1. The van der Waals surface area contributed by atoms with Crippen LogP contribution in [-0.2, 0) is 6.42 Å². The largest absolute Gasteiger partial charge is 0.313 e. The van der Waals surface area contributed by atoms with Gasteiger partial charge in [-0.05, 0) is 44.7 Å². The van der Waals surface area contributed by atoms with Crippen molar-refractivity contribution in [2.45, 2.75) is 52.5 Å². The lowest BCUT2D eigenvalue weighted by molar-refractivity contribution is 0.500. The smallest absolute Gasteiger partial charge is 0.0144 e. The van der Waals surface area contributed by atoms with Crippen LogP contribution in [0.4, 0.5) is 0 Å². The summed E-state index contributed by atoms with van der Waals surface area (Å²) < 4.78 is 0. The predicted molar refractivity (Wildman–Crippen MR) is 81.0 cm³/mol. The van der Waals surface area contributed by atoms with E-state index in [0.717, 1.165) is 25.8 Å². The van der Waals surface area contributed by atoms with Crippen LogP contribution in [0.2, 0.25) is 0 Å². The minimum absolute atomic E-state index is 0.527. The predicted octanol–water partition coefficient (Wildman–Crippen LogP) is 4.26. The van der Waals surface area contributed by atoms with Gasteiger partial charge in [0.25, 0.3) is 0 Å². The van der Waals surface area contributed by atoms with Crippen molar-refractivity contribution in [1.82, 2.24) is 5.32 Å². The first-order chi connectivity index (χ1) is 8.65. The summed E-state index contributed by atoms with van der Waals surface area (Å²) in [6, 6.07) is 9.34. The maximum Gasteiger partial charge on any atom is 0.0144 e. The van der Waals surface area contributed by atoms with E-state index in [1.54, 1.807) is 0 Å². The van der Waals surface area contributed by atoms with Gasteiger partial charge in [0.1, 0.15) is 0 Å². The Bertz CT molecular complexity index is 368. The highest BCUT2D eigenvalue weighted by molar-refractivity contribution is 5.23. The molecule has 0 bridgehead atoms. The quantitative estimate of drug-likeness (QED) is 0.675. The Morgan fingerprint density at radius 1 is 1.33 bits per heavy atom. The molecular weight excluding hydrogens is 218 g/mol. The van der Waals surface area contributed by atoms with E-state index in [0.29, 0.717) is 6.04 Å². The lowest BCUT2D eigenvalue weighted by atomic mass is 9.97. The molecule has 18 heavy (non-hydrogen) atoms. The summed E-state index contributed by atoms with van der Waals surface area (Å²) in [5.74, 6) is 0. The molecule has 0 saturated carbocycles. The maximum absolute atomic E-state index is 4.14. The normalized spacial score (nSPS) is 12.4. The second kappa shape index (κ2) is 8.10. The summed E-state index contributed by atoms with van der Waals surface area (Å²) in [5.41, 5.74) is 4.11. The summed E-state index contributed by atoms with van der Waals surface area (Å²) in [5, 5.41) is 3.64. The lowest BCUT2D eigenvalue weighted by Gasteiger charge is -2.19. The number of hydrogen-bond donors (Lipinski definition) is 1. The van der Waals surface area contributed by atoms with Gasteiger partial charge in [0.2, 0.25) is 0 Å². The zero-order chi connectivity index (χ0) is 13.4. The molecule has 1 heteroatoms. The number of hydrogen-bond acceptors (Lipinski definition) is 1. The van der Waals surface area contributed by atoms with Gasteiger partial charge < -0.3 is 5.32 Å². The molecule has 1 atom stereocenters. The fourth-order valence-electron chi connectivity index (χ4n) is 2.18. The Morgan fingerprint density at radius 3 is 2.72 bits per heavy atom. The zero-order valence-corrected chi connectivity index (χ0v) is 12.1. The third-order valence-electron chi connectivity index (χ3n) is 3.28. The minimum Gasteiger partial charge on any atom is -0.313 e. The molecule has 0 aliphatic heterocycles. The summed E-state index contributed by atoms with van der Waals surface area (Å²) in [7, 11) is 0. The fraction of sp³-hybridized carbons (Fsp3) is 0.529. The van der Waals surface area contributed by atoms with Crippen molar-refractivity contribution in [2.75, 3.05) is 6.54 Å². The molecular formula is C17H27N. The van der Waals surface area contributed by atoms with Crippen LogP contribution in [0.1, 0.15) is 44.2 Å². The van der Waals surface area contributed by atoms with E-state index in [1.165, 1.54) is 23.1 Å². The summed E-state index contributed by atoms with van der Waals surface area (Å²) in [6.45, 7) is 11.8. The molecule has 0 aliphatic rings. The van der Waals surface area contributed by atoms with Crippen molar-refractivity contribution in [3.63, 3.8) is 0 Å². The summed E-state index contributed by atoms with van der Waals surface area (Å²) >= 11 is 0. The van der Waals surface area contributed by atoms with Gasteiger partial charge >= 0.3 is 0 Å². The fourth-order valence-corrected chi connectivity index (χ4v) is 2.18. The SMILES string of the molecule is C=C(CC)CC(Cc1cccc(C)c1)NCCC. The Balaban J connectivity index is 2.62. The average Bonchev–Trinajstić information content (AvgIpc) is 2.35. The van der Waals surface area contributed by atoms with Gasteiger partial charge in [-0.2, -0.15) is 0 Å². The Labute approximate surface area is 112 Å². The standard InChI is InChI=1S/C17H27N/c1-5-10-18-17(12-14(3)6-2)13-16-9-7-8-15(4)11-16/h7-9,11,17-18H,3,5-6,10,12-13H2,1-2,4H3. The highest BCUT2D eigenvalue weighted by Gasteiger charge is 2.10. The number of rotatable bonds is 8. The molecule has 0 spiro atoms. The molecule has 0 heterocycles. The first-order valence-corrected chi connectivity index (χ1v) is 7.11. The molecule has 1 N–H and O–H groups in total. The van der Waals surface area contributed by atoms with E-state index < -0.39 is 0 Å². The summed E-state index contributed by atoms with van der Waals surface area (Å²) in [4.78, 5) is 0. The van der Waals surface area contributed by atoms with Crippen molar-refractivity contribution in [1.29, 1.82) is 0 Å². The minimum atomic E-state index is 0.527. The first-order valence-electron chi connectivity index (χ1n) is 7.11. The molecule has 1 nitrogen and oxygen atoms in total. The van der Waals surface area contributed by atoms with Crippen LogP contribution in [0.15, 0.2) is 36.4 Å². The van der Waals surface area contributed by atoms with Crippen molar-refractivity contribution >= 4 is 0 Å². The van der Waals surface area contributed by atoms with Gasteiger partial charge in [-0.15, -0.1) is 0 Å². The van der Waals surface area contributed by atoms with Crippen molar-refractivity contribution in [3.05, 3.63) is 47.5 Å². The van der Waals surface area contributed by atoms with Crippen molar-refractivity contribution in [2.24, 2.45) is 0 Å². The van der Waals surface area contributed by atoms with Crippen LogP contribution >= 0.6 is 0 Å². The van der Waals surface area contributed by atoms with E-state index >= 15 is 0 Å². The Hall–Kier alpha value is -1.08. The third-order valence-corrected chi connectivity index (χ3v) is 3.28. The second-order valence-corrected chi connectivity index (χ2v) is 5.15. The van der Waals surface area contributed by atoms with Gasteiger partial charge in [0.05, 0.1) is 0 Å². The topological polar surface area (TPSA) is 12.0 Å². The molecule has 1 aromatic carbocycles. The van der Waals surface area contributed by atoms with Gasteiger partial charge in [-0.3, -0.25) is 0 Å². The third kappa shape index (κ3) is 5.50. The van der Waals surface area contributed by atoms with E-state index in [2.05, 4.69) is 56.9 Å². The second-order valence-electron chi connectivity index (χ2n) is 5.15. The first kappa shape index (κ1) is 15.0. The Morgan fingerprint density at radius 2 is 2.11 bits per heavy atom. The van der Waals surface area contributed by atoms with Crippen LogP contribution in [-0.4, -0.2) is 12.6 Å². The molecule has 0 radical (unpaired) electrons. The Kier molecular flexibility index (Phi) is 6.74. The number of aryl methyl sites for hydroxylation is 1. The average molecular weight is 245 g/mol. The molecule has 0 aliphatic carbocycles. The molecule has 0 fully saturated rings. The monoisotopic (exact) mass is 245 g/mol. The van der Waals surface area contributed by atoms with E-state index in [9.17, 15) is 0 Å². The van der Waals surface area contributed by atoms with E-state index in [1.807, 2.05) is 0 Å².